The summed E-state index contributed by atoms with van der Waals surface area (Å²) in [6.45, 7) is 1.11. The molecule has 2 amide bonds. The average molecular weight is 331 g/mol. The highest BCUT2D eigenvalue weighted by atomic mass is 16.2. The molecule has 0 aromatic heterocycles. The Bertz CT molecular complexity index is 550. The number of likely N-dealkylation sites (N-methyl/N-ethyl adjacent to an activating group) is 2. The molecule has 0 heterocycles. The number of nitrogens with zero attached hydrogens (tertiary/aromatic N) is 2. The summed E-state index contributed by atoms with van der Waals surface area (Å²) >= 11 is 0. The van der Waals surface area contributed by atoms with Crippen molar-refractivity contribution in [3.63, 3.8) is 0 Å². The molecule has 1 aliphatic carbocycles. The van der Waals surface area contributed by atoms with Gasteiger partial charge in [-0.3, -0.25) is 14.5 Å². The number of hydrogen-bond donors (Lipinski definition) is 1. The van der Waals surface area contributed by atoms with E-state index >= 15 is 0 Å². The van der Waals surface area contributed by atoms with Crippen LogP contribution >= 0.6 is 0 Å². The maximum atomic E-state index is 12.5. The third-order valence-electron chi connectivity index (χ3n) is 4.82. The lowest BCUT2D eigenvalue weighted by atomic mass is 9.94. The van der Waals surface area contributed by atoms with Crippen LogP contribution in [0.3, 0.4) is 0 Å². The average Bonchev–Trinajstić information content (AvgIpc) is 2.61. The number of carbonyl (C=O) groups is 2. The van der Waals surface area contributed by atoms with Crippen LogP contribution in [0.4, 0.5) is 0 Å². The van der Waals surface area contributed by atoms with Crippen LogP contribution in [0.1, 0.15) is 48.0 Å². The van der Waals surface area contributed by atoms with E-state index in [2.05, 4.69) is 5.32 Å². The van der Waals surface area contributed by atoms with Crippen LogP contribution in [0.5, 0.6) is 0 Å². The molecule has 1 N–H and O–H groups in total. The van der Waals surface area contributed by atoms with E-state index in [1.54, 1.807) is 7.05 Å². The highest BCUT2D eigenvalue weighted by Crippen LogP contribution is 2.21. The molecular formula is C19H29N3O2. The van der Waals surface area contributed by atoms with E-state index in [1.165, 1.54) is 19.3 Å². The maximum absolute atomic E-state index is 12.5. The van der Waals surface area contributed by atoms with Gasteiger partial charge in [-0.25, -0.2) is 0 Å². The first kappa shape index (κ1) is 18.5. The lowest BCUT2D eigenvalue weighted by molar-refractivity contribution is -0.133. The molecular weight excluding hydrogens is 302 g/mol. The Morgan fingerprint density at radius 1 is 1.08 bits per heavy atom. The van der Waals surface area contributed by atoms with Gasteiger partial charge < -0.3 is 10.2 Å². The number of nitrogens with one attached hydrogen (secondary N) is 1. The van der Waals surface area contributed by atoms with Gasteiger partial charge in [0.15, 0.2) is 0 Å². The molecule has 0 saturated heterocycles. The fraction of sp³-hybridized carbons (Fsp3) is 0.579. The van der Waals surface area contributed by atoms with Crippen LogP contribution in [0, 0.1) is 0 Å². The Kier molecular flexibility index (Phi) is 6.79. The number of amides is 2. The van der Waals surface area contributed by atoms with E-state index in [4.69, 9.17) is 0 Å². The largest absolute Gasteiger partial charge is 0.355 e. The monoisotopic (exact) mass is 331 g/mol. The predicted molar refractivity (Wildman–Crippen MR) is 95.8 cm³/mol. The summed E-state index contributed by atoms with van der Waals surface area (Å²) in [4.78, 5) is 28.0. The zero-order valence-electron chi connectivity index (χ0n) is 15.0. The van der Waals surface area contributed by atoms with Crippen molar-refractivity contribution >= 4 is 11.8 Å². The molecule has 5 nitrogen and oxygen atoms in total. The summed E-state index contributed by atoms with van der Waals surface area (Å²) in [7, 11) is 5.52. The third kappa shape index (κ3) is 5.06. The topological polar surface area (TPSA) is 52.7 Å². The second-order valence-corrected chi connectivity index (χ2v) is 6.74. The van der Waals surface area contributed by atoms with Crippen molar-refractivity contribution in [2.24, 2.45) is 0 Å². The predicted octanol–water partition coefficient (Wildman–Crippen LogP) is 2.27. The van der Waals surface area contributed by atoms with Gasteiger partial charge in [0.25, 0.3) is 5.91 Å². The van der Waals surface area contributed by atoms with Crippen molar-refractivity contribution in [2.45, 2.75) is 44.7 Å². The first-order chi connectivity index (χ1) is 11.5. The van der Waals surface area contributed by atoms with Crippen molar-refractivity contribution in [3.8, 4) is 0 Å². The number of rotatable bonds is 6. The van der Waals surface area contributed by atoms with Gasteiger partial charge >= 0.3 is 0 Å². The van der Waals surface area contributed by atoms with E-state index < -0.39 is 0 Å². The molecule has 1 aromatic carbocycles. The van der Waals surface area contributed by atoms with Crippen LogP contribution < -0.4 is 5.32 Å². The minimum Gasteiger partial charge on any atom is -0.355 e. The number of carbonyl (C=O) groups excluding carboxylic acids is 2. The highest BCUT2D eigenvalue weighted by Gasteiger charge is 2.22. The summed E-state index contributed by atoms with van der Waals surface area (Å²) in [6, 6.07) is 7.93. The van der Waals surface area contributed by atoms with E-state index in [9.17, 15) is 9.59 Å². The first-order valence-electron chi connectivity index (χ1n) is 8.76. The molecule has 0 radical (unpaired) electrons. The summed E-state index contributed by atoms with van der Waals surface area (Å²) in [5.74, 6) is 0.102. The summed E-state index contributed by atoms with van der Waals surface area (Å²) in [5.41, 5.74) is 1.75. The summed E-state index contributed by atoms with van der Waals surface area (Å²) < 4.78 is 0. The van der Waals surface area contributed by atoms with Gasteiger partial charge in [-0.1, -0.05) is 31.4 Å². The van der Waals surface area contributed by atoms with Crippen LogP contribution in [0.25, 0.3) is 0 Å². The van der Waals surface area contributed by atoms with Crippen molar-refractivity contribution in [1.82, 2.24) is 15.1 Å². The second kappa shape index (κ2) is 8.83. The molecule has 0 aliphatic heterocycles. The lowest BCUT2D eigenvalue weighted by Gasteiger charge is -2.32. The van der Waals surface area contributed by atoms with E-state index in [1.807, 2.05) is 48.2 Å². The standard InChI is InChI=1S/C19H29N3O2/c1-20-19(24)16-11-9-15(10-12-16)13-21(2)14-18(23)22(3)17-7-5-4-6-8-17/h9-12,17H,4-8,13-14H2,1-3H3,(H,20,24). The molecule has 1 aliphatic rings. The second-order valence-electron chi connectivity index (χ2n) is 6.74. The zero-order chi connectivity index (χ0) is 17.5. The van der Waals surface area contributed by atoms with E-state index in [0.29, 0.717) is 24.7 Å². The molecule has 0 spiro atoms. The molecule has 1 fully saturated rings. The van der Waals surface area contributed by atoms with E-state index in [-0.39, 0.29) is 11.8 Å². The summed E-state index contributed by atoms with van der Waals surface area (Å²) in [6.07, 6.45) is 6.02. The normalized spacial score (nSPS) is 15.3. The lowest BCUT2D eigenvalue weighted by Crippen LogP contribution is -2.43. The number of benzene rings is 1. The van der Waals surface area contributed by atoms with Gasteiger partial charge in [0, 0.05) is 32.2 Å². The zero-order valence-corrected chi connectivity index (χ0v) is 15.0. The Morgan fingerprint density at radius 3 is 2.29 bits per heavy atom. The molecule has 0 bridgehead atoms. The van der Waals surface area contributed by atoms with Crippen LogP contribution in [-0.4, -0.2) is 55.3 Å². The molecule has 1 saturated carbocycles. The van der Waals surface area contributed by atoms with Crippen molar-refractivity contribution in [1.29, 1.82) is 0 Å². The molecule has 24 heavy (non-hydrogen) atoms. The molecule has 2 rings (SSSR count). The SMILES string of the molecule is CNC(=O)c1ccc(CN(C)CC(=O)N(C)C2CCCCC2)cc1. The minimum atomic E-state index is -0.0841. The van der Waals surface area contributed by atoms with Gasteiger partial charge in [-0.2, -0.15) is 0 Å². The van der Waals surface area contributed by atoms with Crippen LogP contribution in [-0.2, 0) is 11.3 Å². The highest BCUT2D eigenvalue weighted by molar-refractivity contribution is 5.93. The molecule has 5 heteroatoms. The van der Waals surface area contributed by atoms with Gasteiger partial charge in [0.05, 0.1) is 6.54 Å². The first-order valence-corrected chi connectivity index (χ1v) is 8.76. The quantitative estimate of drug-likeness (QED) is 0.870. The minimum absolute atomic E-state index is 0.0841. The van der Waals surface area contributed by atoms with Gasteiger partial charge in [0.1, 0.15) is 0 Å². The molecule has 0 unspecified atom stereocenters. The third-order valence-corrected chi connectivity index (χ3v) is 4.82. The van der Waals surface area contributed by atoms with Crippen molar-refractivity contribution < 1.29 is 9.59 Å². The van der Waals surface area contributed by atoms with Crippen molar-refractivity contribution in [2.75, 3.05) is 27.7 Å². The van der Waals surface area contributed by atoms with Gasteiger partial charge in [-0.05, 0) is 37.6 Å². The Morgan fingerprint density at radius 2 is 1.71 bits per heavy atom. The maximum Gasteiger partial charge on any atom is 0.251 e. The van der Waals surface area contributed by atoms with Crippen molar-refractivity contribution in [3.05, 3.63) is 35.4 Å². The molecule has 0 atom stereocenters. The number of hydrogen-bond acceptors (Lipinski definition) is 3. The Labute approximate surface area is 145 Å². The summed E-state index contributed by atoms with van der Waals surface area (Å²) in [5, 5.41) is 2.61. The van der Waals surface area contributed by atoms with E-state index in [0.717, 1.165) is 18.4 Å². The van der Waals surface area contributed by atoms with Gasteiger partial charge in [0.2, 0.25) is 5.91 Å². The smallest absolute Gasteiger partial charge is 0.251 e. The fourth-order valence-corrected chi connectivity index (χ4v) is 3.29. The van der Waals surface area contributed by atoms with Gasteiger partial charge in [-0.15, -0.1) is 0 Å². The van der Waals surface area contributed by atoms with Crippen LogP contribution in [0.15, 0.2) is 24.3 Å². The van der Waals surface area contributed by atoms with Crippen LogP contribution in [0.2, 0.25) is 0 Å². The Balaban J connectivity index is 1.84. The Hall–Kier alpha value is -1.88. The fourth-order valence-electron chi connectivity index (χ4n) is 3.29. The molecule has 132 valence electrons. The molecule has 1 aromatic rings.